The molecule has 2 atom stereocenters. The molecule has 3 aromatic rings. The van der Waals surface area contributed by atoms with E-state index in [1.54, 1.807) is 17.0 Å². The van der Waals surface area contributed by atoms with Crippen LogP contribution in [0.5, 0.6) is 11.5 Å². The Balaban J connectivity index is 1.72. The molecule has 1 aromatic heterocycles. The van der Waals surface area contributed by atoms with Crippen molar-refractivity contribution in [3.63, 3.8) is 0 Å². The van der Waals surface area contributed by atoms with Gasteiger partial charge in [-0.05, 0) is 48.7 Å². The Hall–Kier alpha value is -3.39. The summed E-state index contributed by atoms with van der Waals surface area (Å²) in [5.74, 6) is -0.895. The van der Waals surface area contributed by atoms with Crippen molar-refractivity contribution in [1.82, 2.24) is 4.90 Å². The summed E-state index contributed by atoms with van der Waals surface area (Å²) in [6, 6.07) is 7.53. The van der Waals surface area contributed by atoms with E-state index in [0.29, 0.717) is 12.2 Å². The maximum Gasteiger partial charge on any atom is 0.291 e. The first-order chi connectivity index (χ1) is 15.0. The molecule has 3 heterocycles. The molecule has 0 radical (unpaired) electrons. The van der Waals surface area contributed by atoms with Crippen LogP contribution in [0.15, 0.2) is 45.6 Å². The van der Waals surface area contributed by atoms with Crippen LogP contribution in [0.4, 0.5) is 4.39 Å². The molecule has 31 heavy (non-hydrogen) atoms. The second kappa shape index (κ2) is 7.39. The molecule has 0 unspecified atom stereocenters. The number of halogens is 1. The average Bonchev–Trinajstić information content (AvgIpc) is 3.37. The highest BCUT2D eigenvalue weighted by Crippen LogP contribution is 2.41. The number of rotatable bonds is 4. The number of aromatic hydroxyl groups is 1. The number of ether oxygens (including phenoxy) is 2. The van der Waals surface area contributed by atoms with E-state index in [1.165, 1.54) is 25.3 Å². The van der Waals surface area contributed by atoms with E-state index in [1.807, 2.05) is 0 Å². The lowest BCUT2D eigenvalue weighted by molar-refractivity contribution is 0.0486. The summed E-state index contributed by atoms with van der Waals surface area (Å²) in [6.45, 7) is 0.902. The third-order valence-electron chi connectivity index (χ3n) is 5.87. The average molecular weight is 425 g/mol. The largest absolute Gasteiger partial charge is 0.504 e. The zero-order chi connectivity index (χ0) is 21.7. The second-order valence-electron chi connectivity index (χ2n) is 7.74. The monoisotopic (exact) mass is 425 g/mol. The number of hydrogen-bond acceptors (Lipinski definition) is 6. The zero-order valence-corrected chi connectivity index (χ0v) is 16.8. The van der Waals surface area contributed by atoms with Crippen molar-refractivity contribution in [2.24, 2.45) is 0 Å². The predicted molar refractivity (Wildman–Crippen MR) is 109 cm³/mol. The van der Waals surface area contributed by atoms with E-state index in [4.69, 9.17) is 13.9 Å². The van der Waals surface area contributed by atoms with Gasteiger partial charge in [-0.2, -0.15) is 0 Å². The van der Waals surface area contributed by atoms with Gasteiger partial charge in [0, 0.05) is 13.2 Å². The van der Waals surface area contributed by atoms with Crippen molar-refractivity contribution in [2.45, 2.75) is 25.0 Å². The fourth-order valence-electron chi connectivity index (χ4n) is 4.40. The van der Waals surface area contributed by atoms with Crippen LogP contribution in [-0.4, -0.2) is 42.3 Å². The molecule has 1 N–H and O–H groups in total. The van der Waals surface area contributed by atoms with Gasteiger partial charge in [-0.3, -0.25) is 9.59 Å². The van der Waals surface area contributed by atoms with Crippen molar-refractivity contribution < 1.29 is 28.2 Å². The van der Waals surface area contributed by atoms with Crippen molar-refractivity contribution in [3.8, 4) is 11.5 Å². The van der Waals surface area contributed by atoms with Crippen LogP contribution < -0.4 is 10.2 Å². The number of methoxy groups -OCH3 is 1. The molecule has 2 aromatic carbocycles. The van der Waals surface area contributed by atoms with Gasteiger partial charge in [0.2, 0.25) is 5.76 Å². The number of benzene rings is 2. The fraction of sp³-hybridized carbons (Fsp3) is 0.304. The van der Waals surface area contributed by atoms with E-state index in [9.17, 15) is 19.1 Å². The third-order valence-corrected chi connectivity index (χ3v) is 5.87. The first kappa shape index (κ1) is 19.6. The minimum absolute atomic E-state index is 0.0563. The number of hydrogen-bond donors (Lipinski definition) is 1. The maximum atomic E-state index is 13.8. The Labute approximate surface area is 176 Å². The summed E-state index contributed by atoms with van der Waals surface area (Å²) in [4.78, 5) is 28.3. The number of fused-ring (bicyclic) bond motifs is 2. The Bertz CT molecular complexity index is 1250. The molecule has 1 fully saturated rings. The lowest BCUT2D eigenvalue weighted by atomic mass is 9.97. The van der Waals surface area contributed by atoms with Gasteiger partial charge in [0.05, 0.1) is 30.2 Å². The molecule has 7 nitrogen and oxygen atoms in total. The van der Waals surface area contributed by atoms with E-state index in [0.717, 1.165) is 18.9 Å². The molecule has 0 bridgehead atoms. The minimum Gasteiger partial charge on any atom is -0.504 e. The Morgan fingerprint density at radius 2 is 2.06 bits per heavy atom. The number of carbonyl (C=O) groups is 1. The lowest BCUT2D eigenvalue weighted by Crippen LogP contribution is -2.36. The van der Waals surface area contributed by atoms with Gasteiger partial charge in [-0.1, -0.05) is 6.07 Å². The summed E-state index contributed by atoms with van der Waals surface area (Å²) in [6.07, 6.45) is 1.56. The highest BCUT2D eigenvalue weighted by molar-refractivity contribution is 5.99. The van der Waals surface area contributed by atoms with Crippen LogP contribution >= 0.6 is 0 Å². The number of amides is 1. The maximum absolute atomic E-state index is 13.8. The van der Waals surface area contributed by atoms with Gasteiger partial charge in [0.15, 0.2) is 16.9 Å². The Morgan fingerprint density at radius 3 is 2.81 bits per heavy atom. The minimum atomic E-state index is -0.773. The molecule has 2 aliphatic heterocycles. The highest BCUT2D eigenvalue weighted by Gasteiger charge is 2.44. The van der Waals surface area contributed by atoms with Crippen LogP contribution in [0.2, 0.25) is 0 Å². The smallest absolute Gasteiger partial charge is 0.291 e. The van der Waals surface area contributed by atoms with Crippen molar-refractivity contribution in [3.05, 3.63) is 69.3 Å². The van der Waals surface area contributed by atoms with Crippen LogP contribution in [-0.2, 0) is 4.74 Å². The molecule has 5 rings (SSSR count). The first-order valence-electron chi connectivity index (χ1n) is 10.0. The predicted octanol–water partition coefficient (Wildman–Crippen LogP) is 3.37. The van der Waals surface area contributed by atoms with Gasteiger partial charge >= 0.3 is 0 Å². The van der Waals surface area contributed by atoms with E-state index in [2.05, 4.69) is 0 Å². The summed E-state index contributed by atoms with van der Waals surface area (Å²) in [7, 11) is 1.42. The van der Waals surface area contributed by atoms with Gasteiger partial charge in [0.25, 0.3) is 5.91 Å². The molecule has 0 spiro atoms. The molecular formula is C23H20FNO6. The quantitative estimate of drug-likeness (QED) is 0.690. The fourth-order valence-corrected chi connectivity index (χ4v) is 4.40. The lowest BCUT2D eigenvalue weighted by Gasteiger charge is -2.27. The number of nitrogens with zero attached hydrogens (tertiary/aromatic N) is 1. The van der Waals surface area contributed by atoms with Crippen LogP contribution in [0.25, 0.3) is 11.0 Å². The topological polar surface area (TPSA) is 89.2 Å². The van der Waals surface area contributed by atoms with Crippen molar-refractivity contribution >= 4 is 16.9 Å². The van der Waals surface area contributed by atoms with Gasteiger partial charge in [0.1, 0.15) is 11.4 Å². The molecule has 160 valence electrons. The molecule has 8 heteroatoms. The standard InChI is InChI=1S/C23H20FNO6/c1-29-18-9-12(4-6-16(18)26)20-19-21(27)15-10-13(24)5-7-17(15)31-22(19)23(28)25(20)11-14-3-2-8-30-14/h4-7,9-10,14,20,26H,2-3,8,11H2,1H3/t14-,20-/m0/s1. The molecule has 0 aliphatic carbocycles. The van der Waals surface area contributed by atoms with Crippen molar-refractivity contribution in [1.29, 1.82) is 0 Å². The molecule has 1 amide bonds. The van der Waals surface area contributed by atoms with Crippen LogP contribution in [0.3, 0.4) is 0 Å². The van der Waals surface area contributed by atoms with Gasteiger partial charge < -0.3 is 23.9 Å². The first-order valence-corrected chi connectivity index (χ1v) is 10.0. The van der Waals surface area contributed by atoms with E-state index in [-0.39, 0.29) is 46.4 Å². The van der Waals surface area contributed by atoms with Crippen LogP contribution in [0.1, 0.15) is 40.6 Å². The SMILES string of the molecule is COc1cc([C@H]2c3c(oc4ccc(F)cc4c3=O)C(=O)N2C[C@@H]2CCCO2)ccc1O. The van der Waals surface area contributed by atoms with Gasteiger partial charge in [-0.15, -0.1) is 0 Å². The summed E-state index contributed by atoms with van der Waals surface area (Å²) >= 11 is 0. The van der Waals surface area contributed by atoms with Gasteiger partial charge in [-0.25, -0.2) is 4.39 Å². The Morgan fingerprint density at radius 1 is 1.23 bits per heavy atom. The third kappa shape index (κ3) is 3.14. The van der Waals surface area contributed by atoms with Crippen LogP contribution in [0, 0.1) is 5.82 Å². The normalized spacial score (nSPS) is 20.5. The Kier molecular flexibility index (Phi) is 4.66. The molecular weight excluding hydrogens is 405 g/mol. The van der Waals surface area contributed by atoms with E-state index >= 15 is 0 Å². The number of carbonyl (C=O) groups excluding carboxylic acids is 1. The summed E-state index contributed by atoms with van der Waals surface area (Å²) < 4.78 is 30.6. The molecule has 0 saturated carbocycles. The molecule has 1 saturated heterocycles. The highest BCUT2D eigenvalue weighted by atomic mass is 19.1. The van der Waals surface area contributed by atoms with Crippen molar-refractivity contribution in [2.75, 3.05) is 20.3 Å². The number of phenols is 1. The second-order valence-corrected chi connectivity index (χ2v) is 7.74. The summed E-state index contributed by atoms with van der Waals surface area (Å²) in [5.41, 5.74) is 0.409. The number of phenolic OH excluding ortho intramolecular Hbond substituents is 1. The van der Waals surface area contributed by atoms with E-state index < -0.39 is 23.2 Å². The summed E-state index contributed by atoms with van der Waals surface area (Å²) in [5, 5.41) is 10.1. The molecule has 2 aliphatic rings. The zero-order valence-electron chi connectivity index (χ0n) is 16.8.